The summed E-state index contributed by atoms with van der Waals surface area (Å²) in [6.07, 6.45) is 3.08. The lowest BCUT2D eigenvalue weighted by molar-refractivity contribution is -0.0124. The van der Waals surface area contributed by atoms with E-state index in [0.717, 1.165) is 30.4 Å². The van der Waals surface area contributed by atoms with Gasteiger partial charge in [-0.1, -0.05) is 29.8 Å². The van der Waals surface area contributed by atoms with Crippen LogP contribution in [0.15, 0.2) is 29.8 Å². The molecule has 1 unspecified atom stereocenters. The highest BCUT2D eigenvalue weighted by atomic mass is 16.6. The Labute approximate surface area is 166 Å². The Balaban J connectivity index is 1.39. The topological polar surface area (TPSA) is 55.8 Å². The number of benzene rings is 1. The van der Waals surface area contributed by atoms with Crippen LogP contribution in [-0.2, 0) is 9.47 Å². The van der Waals surface area contributed by atoms with Gasteiger partial charge in [-0.2, -0.15) is 0 Å². The van der Waals surface area contributed by atoms with Crippen molar-refractivity contribution in [1.29, 1.82) is 0 Å². The molecule has 3 aliphatic rings. The van der Waals surface area contributed by atoms with Gasteiger partial charge in [0.25, 0.3) is 0 Å². The molecule has 1 aromatic rings. The minimum atomic E-state index is -0.465. The molecule has 150 valence electrons. The molecule has 28 heavy (non-hydrogen) atoms. The molecule has 2 aliphatic heterocycles. The molecule has 1 saturated heterocycles. The molecule has 4 rings (SSSR count). The van der Waals surface area contributed by atoms with Gasteiger partial charge < -0.3 is 14.4 Å². The van der Waals surface area contributed by atoms with Crippen LogP contribution in [0, 0.1) is 5.92 Å². The number of nitrogens with zero attached hydrogens (tertiary/aromatic N) is 1. The number of Topliss-reactive ketones (excluding diaryl/α,β-unsaturated/α-hetero) is 1. The van der Waals surface area contributed by atoms with Crippen LogP contribution in [0.25, 0.3) is 5.57 Å². The summed E-state index contributed by atoms with van der Waals surface area (Å²) < 4.78 is 11.7. The summed E-state index contributed by atoms with van der Waals surface area (Å²) in [7, 11) is 0. The zero-order valence-electron chi connectivity index (χ0n) is 17.0. The third-order valence-corrected chi connectivity index (χ3v) is 5.96. The molecule has 5 heteroatoms. The summed E-state index contributed by atoms with van der Waals surface area (Å²) in [5, 5.41) is 0. The van der Waals surface area contributed by atoms with Crippen molar-refractivity contribution in [2.75, 3.05) is 19.7 Å². The Morgan fingerprint density at radius 1 is 1.14 bits per heavy atom. The summed E-state index contributed by atoms with van der Waals surface area (Å²) in [6.45, 7) is 7.66. The van der Waals surface area contributed by atoms with Gasteiger partial charge >= 0.3 is 6.09 Å². The van der Waals surface area contributed by atoms with Crippen molar-refractivity contribution in [2.24, 2.45) is 5.92 Å². The predicted molar refractivity (Wildman–Crippen MR) is 107 cm³/mol. The van der Waals surface area contributed by atoms with E-state index in [2.05, 4.69) is 0 Å². The van der Waals surface area contributed by atoms with Crippen LogP contribution < -0.4 is 0 Å². The van der Waals surface area contributed by atoms with E-state index in [4.69, 9.17) is 9.47 Å². The Hall–Kier alpha value is -2.14. The van der Waals surface area contributed by atoms with Gasteiger partial charge in [-0.05, 0) is 57.1 Å². The number of likely N-dealkylation sites (tertiary alicyclic amines) is 1. The van der Waals surface area contributed by atoms with Crippen molar-refractivity contribution in [3.8, 4) is 0 Å². The van der Waals surface area contributed by atoms with E-state index in [1.54, 1.807) is 4.90 Å². The van der Waals surface area contributed by atoms with E-state index >= 15 is 0 Å². The van der Waals surface area contributed by atoms with Gasteiger partial charge in [0.15, 0.2) is 5.78 Å². The first-order valence-electron chi connectivity index (χ1n) is 10.2. The molecule has 1 fully saturated rings. The summed E-state index contributed by atoms with van der Waals surface area (Å²) in [4.78, 5) is 26.6. The van der Waals surface area contributed by atoms with E-state index in [1.165, 1.54) is 11.1 Å². The van der Waals surface area contributed by atoms with E-state index < -0.39 is 5.60 Å². The van der Waals surface area contributed by atoms with Crippen molar-refractivity contribution in [3.63, 3.8) is 0 Å². The highest BCUT2D eigenvalue weighted by Gasteiger charge is 2.36. The Bertz CT molecular complexity index is 812. The molecule has 0 radical (unpaired) electrons. The van der Waals surface area contributed by atoms with Crippen LogP contribution in [-0.4, -0.2) is 48.2 Å². The normalized spacial score (nSPS) is 23.3. The number of piperidine rings is 1. The lowest BCUT2D eigenvalue weighted by Gasteiger charge is -2.39. The molecule has 5 nitrogen and oxygen atoms in total. The zero-order chi connectivity index (χ0) is 19.9. The fraction of sp³-hybridized carbons (Fsp3) is 0.565. The van der Waals surface area contributed by atoms with Crippen molar-refractivity contribution >= 4 is 17.4 Å². The SMILES string of the molecule is CC(C)(C)OC(=O)N1CCC(C2CC3=C(CO2)c2ccccc2C(=O)C3)CC1. The van der Waals surface area contributed by atoms with E-state index in [0.29, 0.717) is 32.0 Å². The smallest absolute Gasteiger partial charge is 0.410 e. The van der Waals surface area contributed by atoms with Crippen molar-refractivity contribution in [3.05, 3.63) is 41.0 Å². The fourth-order valence-corrected chi connectivity index (χ4v) is 4.53. The minimum absolute atomic E-state index is 0.137. The highest BCUT2D eigenvalue weighted by Crippen LogP contribution is 2.40. The van der Waals surface area contributed by atoms with Crippen LogP contribution in [0.1, 0.15) is 62.4 Å². The fourth-order valence-electron chi connectivity index (χ4n) is 4.53. The van der Waals surface area contributed by atoms with Gasteiger partial charge in [-0.25, -0.2) is 4.79 Å². The van der Waals surface area contributed by atoms with Crippen LogP contribution >= 0.6 is 0 Å². The number of hydrogen-bond donors (Lipinski definition) is 0. The number of hydrogen-bond acceptors (Lipinski definition) is 4. The summed E-state index contributed by atoms with van der Waals surface area (Å²) in [5.41, 5.74) is 3.86. The maximum absolute atomic E-state index is 12.5. The predicted octanol–water partition coefficient (Wildman–Crippen LogP) is 4.46. The van der Waals surface area contributed by atoms with Crippen LogP contribution in [0.2, 0.25) is 0 Å². The maximum atomic E-state index is 12.5. The number of ketones is 1. The van der Waals surface area contributed by atoms with Gasteiger partial charge in [0.1, 0.15) is 5.60 Å². The van der Waals surface area contributed by atoms with Crippen molar-refractivity contribution in [2.45, 2.75) is 58.2 Å². The van der Waals surface area contributed by atoms with E-state index in [1.807, 2.05) is 45.0 Å². The van der Waals surface area contributed by atoms with Crippen molar-refractivity contribution in [1.82, 2.24) is 4.90 Å². The van der Waals surface area contributed by atoms with E-state index in [9.17, 15) is 9.59 Å². The zero-order valence-corrected chi connectivity index (χ0v) is 17.0. The third-order valence-electron chi connectivity index (χ3n) is 5.96. The largest absolute Gasteiger partial charge is 0.444 e. The number of rotatable bonds is 1. The second-order valence-corrected chi connectivity index (χ2v) is 9.09. The van der Waals surface area contributed by atoms with Gasteiger partial charge in [0.2, 0.25) is 0 Å². The Morgan fingerprint density at radius 2 is 1.82 bits per heavy atom. The molecule has 0 saturated carbocycles. The summed E-state index contributed by atoms with van der Waals surface area (Å²) >= 11 is 0. The first-order valence-corrected chi connectivity index (χ1v) is 10.2. The molecule has 1 aromatic carbocycles. The van der Waals surface area contributed by atoms with Gasteiger partial charge in [-0.15, -0.1) is 0 Å². The number of ether oxygens (including phenoxy) is 2. The third kappa shape index (κ3) is 3.86. The molecule has 0 bridgehead atoms. The average Bonchev–Trinajstić information content (AvgIpc) is 2.67. The lowest BCUT2D eigenvalue weighted by Crippen LogP contribution is -2.44. The summed E-state index contributed by atoms with van der Waals surface area (Å²) in [5.74, 6) is 0.634. The van der Waals surface area contributed by atoms with Crippen molar-refractivity contribution < 1.29 is 19.1 Å². The standard InChI is InChI=1S/C23H29NO4/c1-23(2,3)28-22(26)24-10-8-15(9-11-24)21-13-16-12-20(25)18-7-5-4-6-17(18)19(16)14-27-21/h4-7,15,21H,8-14H2,1-3H3. The molecule has 1 amide bonds. The Morgan fingerprint density at radius 3 is 2.50 bits per heavy atom. The molecule has 0 N–H and O–H groups in total. The second kappa shape index (κ2) is 7.36. The number of carbonyl (C=O) groups excluding carboxylic acids is 2. The average molecular weight is 383 g/mol. The molecule has 0 aromatic heterocycles. The summed E-state index contributed by atoms with van der Waals surface area (Å²) in [6, 6.07) is 7.86. The molecule has 0 spiro atoms. The van der Waals surface area contributed by atoms with Crippen LogP contribution in [0.5, 0.6) is 0 Å². The molecule has 1 atom stereocenters. The quantitative estimate of drug-likeness (QED) is 0.718. The van der Waals surface area contributed by atoms with Gasteiger partial charge in [0.05, 0.1) is 12.7 Å². The van der Waals surface area contributed by atoms with E-state index in [-0.39, 0.29) is 18.0 Å². The molecule has 2 heterocycles. The first kappa shape index (κ1) is 19.2. The maximum Gasteiger partial charge on any atom is 0.410 e. The Kier molecular flexibility index (Phi) is 5.04. The van der Waals surface area contributed by atoms with Gasteiger partial charge in [-0.3, -0.25) is 4.79 Å². The number of carbonyl (C=O) groups is 2. The first-order chi connectivity index (χ1) is 13.3. The molecular formula is C23H29NO4. The molecular weight excluding hydrogens is 354 g/mol. The monoisotopic (exact) mass is 383 g/mol. The number of amides is 1. The van der Waals surface area contributed by atoms with Crippen LogP contribution in [0.4, 0.5) is 4.79 Å². The minimum Gasteiger partial charge on any atom is -0.444 e. The van der Waals surface area contributed by atoms with Crippen LogP contribution in [0.3, 0.4) is 0 Å². The lowest BCUT2D eigenvalue weighted by atomic mass is 9.78. The number of fused-ring (bicyclic) bond motifs is 2. The second-order valence-electron chi connectivity index (χ2n) is 9.09. The van der Waals surface area contributed by atoms with Gasteiger partial charge in [0, 0.05) is 25.1 Å². The highest BCUT2D eigenvalue weighted by molar-refractivity contribution is 6.06. The molecule has 1 aliphatic carbocycles.